The summed E-state index contributed by atoms with van der Waals surface area (Å²) >= 11 is 1.97. The van der Waals surface area contributed by atoms with Crippen LogP contribution in [0.3, 0.4) is 0 Å². The second kappa shape index (κ2) is 3.91. The predicted molar refractivity (Wildman–Crippen MR) is 52.4 cm³/mol. The fourth-order valence-electron chi connectivity index (χ4n) is 1.09. The van der Waals surface area contributed by atoms with E-state index in [0.717, 1.165) is 0 Å². The Hall–Kier alpha value is -0.300. The van der Waals surface area contributed by atoms with E-state index in [1.54, 1.807) is 0 Å². The van der Waals surface area contributed by atoms with Crippen molar-refractivity contribution in [3.05, 3.63) is 21.9 Å². The van der Waals surface area contributed by atoms with Crippen LogP contribution >= 0.6 is 11.3 Å². The fourth-order valence-corrected chi connectivity index (χ4v) is 2.20. The van der Waals surface area contributed by atoms with Crippen molar-refractivity contribution in [1.82, 2.24) is 0 Å². The first-order valence-electron chi connectivity index (χ1n) is 4.32. The van der Waals surface area contributed by atoms with E-state index in [0.29, 0.717) is 5.92 Å². The minimum Gasteiger partial charge on any atom is -0.145 e. The maximum absolute atomic E-state index is 2.27. The minimum absolute atomic E-state index is 0.700. The zero-order valence-corrected chi connectivity index (χ0v) is 8.37. The van der Waals surface area contributed by atoms with Gasteiger partial charge in [0.05, 0.1) is 0 Å². The van der Waals surface area contributed by atoms with Gasteiger partial charge in [0.1, 0.15) is 0 Å². The van der Waals surface area contributed by atoms with Crippen LogP contribution in [0.4, 0.5) is 0 Å². The summed E-state index contributed by atoms with van der Waals surface area (Å²) in [5, 5.41) is 0. The lowest BCUT2D eigenvalue weighted by atomic mass is 10.2. The Morgan fingerprint density at radius 2 is 2.09 bits per heavy atom. The molecule has 1 aromatic heterocycles. The molecule has 0 saturated carbocycles. The van der Waals surface area contributed by atoms with E-state index < -0.39 is 0 Å². The quantitative estimate of drug-likeness (QED) is 0.643. The lowest BCUT2D eigenvalue weighted by molar-refractivity contribution is 0.890. The Balaban J connectivity index is 2.66. The molecule has 1 aromatic rings. The maximum Gasteiger partial charge on any atom is 0.00736 e. The molecule has 0 radical (unpaired) electrons. The van der Waals surface area contributed by atoms with Gasteiger partial charge in [0.15, 0.2) is 0 Å². The summed E-state index contributed by atoms with van der Waals surface area (Å²) < 4.78 is 0. The van der Waals surface area contributed by atoms with Crippen molar-refractivity contribution in [2.75, 3.05) is 0 Å². The third-order valence-corrected chi connectivity index (χ3v) is 3.19. The van der Waals surface area contributed by atoms with Crippen molar-refractivity contribution in [3.8, 4) is 0 Å². The predicted octanol–water partition coefficient (Wildman–Crippen LogP) is 3.82. The molecule has 0 spiro atoms. The molecule has 11 heavy (non-hydrogen) atoms. The first-order chi connectivity index (χ1) is 5.24. The van der Waals surface area contributed by atoms with Crippen LogP contribution in [0.5, 0.6) is 0 Å². The molecule has 0 fully saturated rings. The van der Waals surface area contributed by atoms with E-state index in [4.69, 9.17) is 0 Å². The van der Waals surface area contributed by atoms with Crippen LogP contribution in [0.25, 0.3) is 0 Å². The highest BCUT2D eigenvalue weighted by molar-refractivity contribution is 7.12. The first kappa shape index (κ1) is 8.79. The number of hydrogen-bond donors (Lipinski definition) is 0. The Morgan fingerprint density at radius 1 is 1.36 bits per heavy atom. The van der Waals surface area contributed by atoms with Crippen LogP contribution in [0.1, 0.15) is 42.9 Å². The van der Waals surface area contributed by atoms with Gasteiger partial charge < -0.3 is 0 Å². The fraction of sp³-hybridized carbons (Fsp3) is 0.600. The molecule has 0 amide bonds. The van der Waals surface area contributed by atoms with Crippen molar-refractivity contribution < 1.29 is 0 Å². The molecule has 0 aliphatic carbocycles. The standard InChI is InChI=1S/C10H16S/c1-4-5-9-6-7-10(11-9)8(2)3/h6-8H,4-5H2,1-3H3. The van der Waals surface area contributed by atoms with Gasteiger partial charge >= 0.3 is 0 Å². The van der Waals surface area contributed by atoms with Crippen molar-refractivity contribution >= 4 is 11.3 Å². The number of aryl methyl sites for hydroxylation is 1. The van der Waals surface area contributed by atoms with Gasteiger partial charge in [-0.05, 0) is 24.5 Å². The first-order valence-corrected chi connectivity index (χ1v) is 5.14. The van der Waals surface area contributed by atoms with E-state index in [9.17, 15) is 0 Å². The number of rotatable bonds is 3. The molecule has 0 N–H and O–H groups in total. The van der Waals surface area contributed by atoms with Crippen molar-refractivity contribution in [2.45, 2.75) is 39.5 Å². The molecule has 0 bridgehead atoms. The second-order valence-corrected chi connectivity index (χ2v) is 4.41. The highest BCUT2D eigenvalue weighted by Gasteiger charge is 2.02. The lowest BCUT2D eigenvalue weighted by Gasteiger charge is -1.97. The van der Waals surface area contributed by atoms with E-state index in [2.05, 4.69) is 32.9 Å². The normalized spacial score (nSPS) is 10.9. The topological polar surface area (TPSA) is 0 Å². The van der Waals surface area contributed by atoms with Crippen LogP contribution in [-0.2, 0) is 6.42 Å². The molecule has 1 heterocycles. The third kappa shape index (κ3) is 2.33. The average Bonchev–Trinajstić information content (AvgIpc) is 2.37. The molecular weight excluding hydrogens is 152 g/mol. The third-order valence-electron chi connectivity index (χ3n) is 1.75. The summed E-state index contributed by atoms with van der Waals surface area (Å²) in [7, 11) is 0. The summed E-state index contributed by atoms with van der Waals surface area (Å²) in [6.07, 6.45) is 2.51. The molecule has 1 heteroatoms. The molecule has 0 atom stereocenters. The van der Waals surface area contributed by atoms with Gasteiger partial charge in [0, 0.05) is 9.75 Å². The highest BCUT2D eigenvalue weighted by Crippen LogP contribution is 2.24. The van der Waals surface area contributed by atoms with Gasteiger partial charge in [-0.1, -0.05) is 27.2 Å². The smallest absolute Gasteiger partial charge is 0.00736 e. The van der Waals surface area contributed by atoms with Crippen LogP contribution in [0.2, 0.25) is 0 Å². The number of hydrogen-bond acceptors (Lipinski definition) is 1. The van der Waals surface area contributed by atoms with Crippen LogP contribution < -0.4 is 0 Å². The van der Waals surface area contributed by atoms with E-state index >= 15 is 0 Å². The van der Waals surface area contributed by atoms with Crippen molar-refractivity contribution in [3.63, 3.8) is 0 Å². The van der Waals surface area contributed by atoms with Gasteiger partial charge in [0.25, 0.3) is 0 Å². The Labute approximate surface area is 73.3 Å². The summed E-state index contributed by atoms with van der Waals surface area (Å²) in [6, 6.07) is 4.53. The SMILES string of the molecule is CCCc1ccc(C(C)C)s1. The van der Waals surface area contributed by atoms with Gasteiger partial charge in [-0.2, -0.15) is 0 Å². The monoisotopic (exact) mass is 168 g/mol. The Kier molecular flexibility index (Phi) is 3.13. The average molecular weight is 168 g/mol. The largest absolute Gasteiger partial charge is 0.145 e. The van der Waals surface area contributed by atoms with Gasteiger partial charge in [-0.15, -0.1) is 11.3 Å². The summed E-state index contributed by atoms with van der Waals surface area (Å²) in [5.41, 5.74) is 0. The maximum atomic E-state index is 2.27. The zero-order chi connectivity index (χ0) is 8.27. The molecule has 0 aliphatic rings. The van der Waals surface area contributed by atoms with Crippen LogP contribution in [0.15, 0.2) is 12.1 Å². The zero-order valence-electron chi connectivity index (χ0n) is 7.55. The highest BCUT2D eigenvalue weighted by atomic mass is 32.1. The Morgan fingerprint density at radius 3 is 2.55 bits per heavy atom. The molecule has 62 valence electrons. The summed E-state index contributed by atoms with van der Waals surface area (Å²) in [6.45, 7) is 6.73. The molecule has 1 rings (SSSR count). The Bertz CT molecular complexity index is 210. The molecule has 0 nitrogen and oxygen atoms in total. The van der Waals surface area contributed by atoms with E-state index in [1.165, 1.54) is 22.6 Å². The lowest BCUT2D eigenvalue weighted by Crippen LogP contribution is -1.78. The van der Waals surface area contributed by atoms with Gasteiger partial charge in [-0.3, -0.25) is 0 Å². The van der Waals surface area contributed by atoms with Crippen LogP contribution in [-0.4, -0.2) is 0 Å². The van der Waals surface area contributed by atoms with E-state index in [-0.39, 0.29) is 0 Å². The summed E-state index contributed by atoms with van der Waals surface area (Å²) in [4.78, 5) is 3.06. The van der Waals surface area contributed by atoms with Crippen molar-refractivity contribution in [2.24, 2.45) is 0 Å². The van der Waals surface area contributed by atoms with E-state index in [1.807, 2.05) is 11.3 Å². The molecule has 0 aliphatic heterocycles. The second-order valence-electron chi connectivity index (χ2n) is 3.21. The van der Waals surface area contributed by atoms with Crippen LogP contribution in [0, 0.1) is 0 Å². The molecule has 0 saturated heterocycles. The molecular formula is C10H16S. The van der Waals surface area contributed by atoms with Crippen molar-refractivity contribution in [1.29, 1.82) is 0 Å². The minimum atomic E-state index is 0.700. The van der Waals surface area contributed by atoms with Gasteiger partial charge in [0.2, 0.25) is 0 Å². The number of thiophene rings is 1. The van der Waals surface area contributed by atoms with Gasteiger partial charge in [-0.25, -0.2) is 0 Å². The molecule has 0 aromatic carbocycles. The molecule has 0 unspecified atom stereocenters. The summed E-state index contributed by atoms with van der Waals surface area (Å²) in [5.74, 6) is 0.700.